The molecular formula is C19H22BrNO3. The van der Waals surface area contributed by atoms with E-state index in [1.165, 1.54) is 0 Å². The Morgan fingerprint density at radius 2 is 2.00 bits per heavy atom. The summed E-state index contributed by atoms with van der Waals surface area (Å²) in [5.41, 5.74) is 1.17. The average molecular weight is 392 g/mol. The third-order valence-corrected chi connectivity index (χ3v) is 3.60. The summed E-state index contributed by atoms with van der Waals surface area (Å²) in [6, 6.07) is 12.8. The van der Waals surface area contributed by atoms with Gasteiger partial charge in [-0.3, -0.25) is 4.79 Å². The fourth-order valence-corrected chi connectivity index (χ4v) is 2.50. The highest BCUT2D eigenvalue weighted by Gasteiger charge is 2.14. The first-order valence-electron chi connectivity index (χ1n) is 8.00. The van der Waals surface area contributed by atoms with Crippen LogP contribution in [0.3, 0.4) is 0 Å². The van der Waals surface area contributed by atoms with Crippen LogP contribution in [-0.2, 0) is 0 Å². The van der Waals surface area contributed by atoms with Gasteiger partial charge in [-0.05, 0) is 50.6 Å². The number of nitrogens with one attached hydrogen (secondary N) is 1. The fourth-order valence-electron chi connectivity index (χ4n) is 2.14. The van der Waals surface area contributed by atoms with Crippen molar-refractivity contribution in [1.29, 1.82) is 0 Å². The van der Waals surface area contributed by atoms with Gasteiger partial charge in [-0.25, -0.2) is 0 Å². The van der Waals surface area contributed by atoms with E-state index in [9.17, 15) is 4.79 Å². The van der Waals surface area contributed by atoms with Crippen molar-refractivity contribution in [2.45, 2.75) is 33.3 Å². The summed E-state index contributed by atoms with van der Waals surface area (Å²) in [5.74, 6) is 1.08. The molecule has 0 fully saturated rings. The number of hydrogen-bond acceptors (Lipinski definition) is 3. The first kappa shape index (κ1) is 18.3. The molecule has 4 nitrogen and oxygen atoms in total. The van der Waals surface area contributed by atoms with Crippen molar-refractivity contribution < 1.29 is 14.3 Å². The molecule has 0 aromatic heterocycles. The molecule has 128 valence electrons. The Morgan fingerprint density at radius 3 is 2.71 bits per heavy atom. The molecule has 1 N–H and O–H groups in total. The highest BCUT2D eigenvalue weighted by molar-refractivity contribution is 9.10. The van der Waals surface area contributed by atoms with Gasteiger partial charge in [0.1, 0.15) is 11.5 Å². The molecule has 0 aliphatic carbocycles. The Morgan fingerprint density at radius 1 is 1.21 bits per heavy atom. The predicted octanol–water partition coefficient (Wildman–Crippen LogP) is 5.28. The van der Waals surface area contributed by atoms with Gasteiger partial charge in [0.25, 0.3) is 5.91 Å². The highest BCUT2D eigenvalue weighted by atomic mass is 79.9. The Labute approximate surface area is 151 Å². The molecule has 24 heavy (non-hydrogen) atoms. The minimum absolute atomic E-state index is 0.0788. The van der Waals surface area contributed by atoms with E-state index in [0.717, 1.165) is 16.6 Å². The van der Waals surface area contributed by atoms with Crippen molar-refractivity contribution in [3.05, 3.63) is 52.5 Å². The van der Waals surface area contributed by atoms with Crippen molar-refractivity contribution >= 4 is 27.5 Å². The van der Waals surface area contributed by atoms with Crippen LogP contribution in [0.2, 0.25) is 0 Å². The standard InChI is InChI=1S/C19H22BrNO3/c1-4-10-23-18-9-8-14(20)11-17(18)19(22)21-15-6-5-7-16(12-15)24-13(2)3/h5-9,11-13H,4,10H2,1-3H3,(H,21,22). The van der Waals surface area contributed by atoms with Crippen LogP contribution in [0.25, 0.3) is 0 Å². The molecule has 2 rings (SSSR count). The third kappa shape index (κ3) is 5.27. The predicted molar refractivity (Wildman–Crippen MR) is 100 cm³/mol. The number of hydrogen-bond donors (Lipinski definition) is 1. The monoisotopic (exact) mass is 391 g/mol. The first-order chi connectivity index (χ1) is 11.5. The maximum absolute atomic E-state index is 12.6. The molecule has 0 aliphatic heterocycles. The first-order valence-corrected chi connectivity index (χ1v) is 8.79. The molecule has 0 saturated carbocycles. The maximum atomic E-state index is 12.6. The quantitative estimate of drug-likeness (QED) is 0.698. The topological polar surface area (TPSA) is 47.6 Å². The second-order valence-corrected chi connectivity index (χ2v) is 6.55. The van der Waals surface area contributed by atoms with Gasteiger partial charge in [0, 0.05) is 16.2 Å². The van der Waals surface area contributed by atoms with E-state index in [1.54, 1.807) is 12.1 Å². The zero-order valence-electron chi connectivity index (χ0n) is 14.1. The minimum atomic E-state index is -0.218. The van der Waals surface area contributed by atoms with Crippen LogP contribution in [0.5, 0.6) is 11.5 Å². The van der Waals surface area contributed by atoms with Gasteiger partial charge < -0.3 is 14.8 Å². The van der Waals surface area contributed by atoms with Gasteiger partial charge in [-0.1, -0.05) is 28.9 Å². The Bertz CT molecular complexity index is 701. The lowest BCUT2D eigenvalue weighted by Gasteiger charge is -2.13. The SMILES string of the molecule is CCCOc1ccc(Br)cc1C(=O)Nc1cccc(OC(C)C)c1. The highest BCUT2D eigenvalue weighted by Crippen LogP contribution is 2.25. The van der Waals surface area contributed by atoms with Crippen LogP contribution in [0.15, 0.2) is 46.9 Å². The number of anilines is 1. The Kier molecular flexibility index (Phi) is 6.67. The van der Waals surface area contributed by atoms with Gasteiger partial charge in [0.2, 0.25) is 0 Å². The van der Waals surface area contributed by atoms with E-state index < -0.39 is 0 Å². The Balaban J connectivity index is 2.19. The number of halogens is 1. The van der Waals surface area contributed by atoms with Crippen LogP contribution in [0.1, 0.15) is 37.6 Å². The van der Waals surface area contributed by atoms with Crippen LogP contribution in [-0.4, -0.2) is 18.6 Å². The zero-order valence-corrected chi connectivity index (χ0v) is 15.7. The molecule has 0 heterocycles. The zero-order chi connectivity index (χ0) is 17.5. The molecule has 0 radical (unpaired) electrons. The fraction of sp³-hybridized carbons (Fsp3) is 0.316. The molecule has 2 aromatic rings. The van der Waals surface area contributed by atoms with Gasteiger partial charge in [-0.15, -0.1) is 0 Å². The van der Waals surface area contributed by atoms with Crippen LogP contribution < -0.4 is 14.8 Å². The molecule has 0 unspecified atom stereocenters. The van der Waals surface area contributed by atoms with Gasteiger partial charge >= 0.3 is 0 Å². The van der Waals surface area contributed by atoms with Crippen molar-refractivity contribution in [1.82, 2.24) is 0 Å². The number of amides is 1. The van der Waals surface area contributed by atoms with Crippen LogP contribution in [0.4, 0.5) is 5.69 Å². The number of rotatable bonds is 7. The minimum Gasteiger partial charge on any atom is -0.493 e. The lowest BCUT2D eigenvalue weighted by Crippen LogP contribution is -2.14. The number of ether oxygens (including phenoxy) is 2. The summed E-state index contributed by atoms with van der Waals surface area (Å²) in [6.45, 7) is 6.52. The summed E-state index contributed by atoms with van der Waals surface area (Å²) < 4.78 is 12.2. The van der Waals surface area contributed by atoms with E-state index in [2.05, 4.69) is 21.2 Å². The van der Waals surface area contributed by atoms with Crippen LogP contribution >= 0.6 is 15.9 Å². The van der Waals surface area contributed by atoms with Gasteiger partial charge in [0.05, 0.1) is 18.3 Å². The van der Waals surface area contributed by atoms with E-state index in [-0.39, 0.29) is 12.0 Å². The summed E-state index contributed by atoms with van der Waals surface area (Å²) in [4.78, 5) is 12.6. The van der Waals surface area contributed by atoms with Gasteiger partial charge in [-0.2, -0.15) is 0 Å². The van der Waals surface area contributed by atoms with Crippen molar-refractivity contribution in [2.75, 3.05) is 11.9 Å². The molecule has 0 saturated heterocycles. The summed E-state index contributed by atoms with van der Waals surface area (Å²) >= 11 is 3.40. The van der Waals surface area contributed by atoms with E-state index in [0.29, 0.717) is 23.6 Å². The molecule has 1 amide bonds. The smallest absolute Gasteiger partial charge is 0.259 e. The van der Waals surface area contributed by atoms with Crippen molar-refractivity contribution in [2.24, 2.45) is 0 Å². The molecule has 2 aromatic carbocycles. The number of carbonyl (C=O) groups excluding carboxylic acids is 1. The summed E-state index contributed by atoms with van der Waals surface area (Å²) in [7, 11) is 0. The molecule has 0 aliphatic rings. The Hall–Kier alpha value is -2.01. The lowest BCUT2D eigenvalue weighted by molar-refractivity contribution is 0.102. The van der Waals surface area contributed by atoms with Gasteiger partial charge in [0.15, 0.2) is 0 Å². The molecule has 0 atom stereocenters. The normalized spacial score (nSPS) is 10.5. The largest absolute Gasteiger partial charge is 0.493 e. The lowest BCUT2D eigenvalue weighted by atomic mass is 10.1. The molecule has 0 spiro atoms. The van der Waals surface area contributed by atoms with Crippen molar-refractivity contribution in [3.63, 3.8) is 0 Å². The van der Waals surface area contributed by atoms with E-state index in [4.69, 9.17) is 9.47 Å². The molecule has 0 bridgehead atoms. The van der Waals surface area contributed by atoms with E-state index in [1.807, 2.05) is 51.1 Å². The average Bonchev–Trinajstić information content (AvgIpc) is 2.53. The molecular weight excluding hydrogens is 370 g/mol. The maximum Gasteiger partial charge on any atom is 0.259 e. The number of benzene rings is 2. The van der Waals surface area contributed by atoms with Crippen molar-refractivity contribution in [3.8, 4) is 11.5 Å². The van der Waals surface area contributed by atoms with E-state index >= 15 is 0 Å². The third-order valence-electron chi connectivity index (χ3n) is 3.11. The second-order valence-electron chi connectivity index (χ2n) is 5.64. The second kappa shape index (κ2) is 8.73. The summed E-state index contributed by atoms with van der Waals surface area (Å²) in [6.07, 6.45) is 0.959. The number of carbonyl (C=O) groups is 1. The molecule has 5 heteroatoms. The van der Waals surface area contributed by atoms with Crippen LogP contribution in [0, 0.1) is 0 Å². The summed E-state index contributed by atoms with van der Waals surface area (Å²) in [5, 5.41) is 2.90.